The molecule has 1 aromatic carbocycles. The minimum atomic E-state index is -0.0293. The quantitative estimate of drug-likeness (QED) is 0.790. The Morgan fingerprint density at radius 1 is 1.40 bits per heavy atom. The van der Waals surface area contributed by atoms with E-state index in [0.29, 0.717) is 12.1 Å². The Kier molecular flexibility index (Phi) is 4.74. The van der Waals surface area contributed by atoms with Crippen LogP contribution in [0.2, 0.25) is 0 Å². The van der Waals surface area contributed by atoms with E-state index in [1.54, 1.807) is 0 Å². The first kappa shape index (κ1) is 14.5. The summed E-state index contributed by atoms with van der Waals surface area (Å²) in [6.07, 6.45) is 1.81. The Morgan fingerprint density at radius 2 is 2.20 bits per heavy atom. The Morgan fingerprint density at radius 3 is 2.90 bits per heavy atom. The molecule has 0 saturated carbocycles. The van der Waals surface area contributed by atoms with Crippen LogP contribution in [0.1, 0.15) is 29.5 Å². The van der Waals surface area contributed by atoms with Crippen molar-refractivity contribution in [2.24, 2.45) is 0 Å². The van der Waals surface area contributed by atoms with Gasteiger partial charge < -0.3 is 15.2 Å². The lowest BCUT2D eigenvalue weighted by atomic mass is 10.2. The maximum Gasteiger partial charge on any atom is 0.251 e. The van der Waals surface area contributed by atoms with E-state index >= 15 is 0 Å². The van der Waals surface area contributed by atoms with Crippen molar-refractivity contribution >= 4 is 16.9 Å². The Balaban J connectivity index is 1.99. The first-order valence-corrected chi connectivity index (χ1v) is 7.01. The number of carbonyl (C=O) groups excluding carboxylic acids is 1. The van der Waals surface area contributed by atoms with Crippen molar-refractivity contribution in [2.45, 2.75) is 19.8 Å². The van der Waals surface area contributed by atoms with E-state index in [-0.39, 0.29) is 5.91 Å². The zero-order valence-corrected chi connectivity index (χ0v) is 12.4. The van der Waals surface area contributed by atoms with Gasteiger partial charge in [-0.25, -0.2) is 4.98 Å². The van der Waals surface area contributed by atoms with Crippen molar-refractivity contribution < 1.29 is 4.79 Å². The van der Waals surface area contributed by atoms with Gasteiger partial charge in [-0.15, -0.1) is 0 Å². The van der Waals surface area contributed by atoms with Gasteiger partial charge in [-0.3, -0.25) is 4.79 Å². The Hall–Kier alpha value is -1.88. The summed E-state index contributed by atoms with van der Waals surface area (Å²) in [6, 6.07) is 5.58. The molecule has 2 N–H and O–H groups in total. The van der Waals surface area contributed by atoms with E-state index in [9.17, 15) is 4.79 Å². The van der Waals surface area contributed by atoms with Crippen LogP contribution < -0.4 is 5.32 Å². The number of aryl methyl sites for hydroxylation is 1. The van der Waals surface area contributed by atoms with Crippen LogP contribution in [0.5, 0.6) is 0 Å². The minimum absolute atomic E-state index is 0.0293. The SMILES string of the molecule is CCc1nc2ccc(C(=O)NCCCN(C)C)cc2[nH]1. The Labute approximate surface area is 119 Å². The summed E-state index contributed by atoms with van der Waals surface area (Å²) in [7, 11) is 4.05. The smallest absolute Gasteiger partial charge is 0.251 e. The lowest BCUT2D eigenvalue weighted by molar-refractivity contribution is 0.0952. The number of nitrogens with zero attached hydrogens (tertiary/aromatic N) is 2. The molecule has 0 atom stereocenters. The Bertz CT molecular complexity index is 589. The van der Waals surface area contributed by atoms with E-state index in [2.05, 4.69) is 27.1 Å². The molecule has 2 aromatic rings. The first-order valence-electron chi connectivity index (χ1n) is 7.01. The number of hydrogen-bond donors (Lipinski definition) is 2. The number of hydrogen-bond acceptors (Lipinski definition) is 3. The molecule has 0 saturated heterocycles. The lowest BCUT2D eigenvalue weighted by Gasteiger charge is -2.09. The zero-order valence-electron chi connectivity index (χ0n) is 12.4. The molecule has 0 radical (unpaired) electrons. The number of nitrogens with one attached hydrogen (secondary N) is 2. The van der Waals surface area contributed by atoms with Crippen LogP contribution in [-0.4, -0.2) is 48.0 Å². The van der Waals surface area contributed by atoms with E-state index in [1.807, 2.05) is 32.3 Å². The average Bonchev–Trinajstić information content (AvgIpc) is 2.85. The average molecular weight is 274 g/mol. The highest BCUT2D eigenvalue weighted by molar-refractivity contribution is 5.97. The van der Waals surface area contributed by atoms with Gasteiger partial charge in [0.2, 0.25) is 0 Å². The molecule has 1 aromatic heterocycles. The summed E-state index contributed by atoms with van der Waals surface area (Å²) >= 11 is 0. The van der Waals surface area contributed by atoms with E-state index in [1.165, 1.54) is 0 Å². The molecule has 0 spiro atoms. The number of rotatable bonds is 6. The van der Waals surface area contributed by atoms with E-state index in [0.717, 1.165) is 36.2 Å². The van der Waals surface area contributed by atoms with Crippen molar-refractivity contribution in [3.05, 3.63) is 29.6 Å². The molecule has 2 rings (SSSR count). The maximum atomic E-state index is 12.1. The molecule has 5 heteroatoms. The van der Waals surface area contributed by atoms with Crippen LogP contribution in [0.3, 0.4) is 0 Å². The summed E-state index contributed by atoms with van der Waals surface area (Å²) in [5, 5.41) is 2.94. The van der Waals surface area contributed by atoms with Gasteiger partial charge in [-0.1, -0.05) is 6.92 Å². The summed E-state index contributed by atoms with van der Waals surface area (Å²) in [5.74, 6) is 0.918. The number of benzene rings is 1. The molecular weight excluding hydrogens is 252 g/mol. The van der Waals surface area contributed by atoms with Crippen molar-refractivity contribution in [3.8, 4) is 0 Å². The van der Waals surface area contributed by atoms with Crippen molar-refractivity contribution in [1.82, 2.24) is 20.2 Å². The number of aromatic amines is 1. The fourth-order valence-electron chi connectivity index (χ4n) is 2.07. The third kappa shape index (κ3) is 3.57. The maximum absolute atomic E-state index is 12.1. The summed E-state index contributed by atoms with van der Waals surface area (Å²) in [6.45, 7) is 3.72. The third-order valence-corrected chi connectivity index (χ3v) is 3.20. The van der Waals surface area contributed by atoms with Gasteiger partial charge in [0.1, 0.15) is 5.82 Å². The minimum Gasteiger partial charge on any atom is -0.352 e. The molecule has 5 nitrogen and oxygen atoms in total. The van der Waals surface area contributed by atoms with Crippen molar-refractivity contribution in [1.29, 1.82) is 0 Å². The number of aromatic nitrogens is 2. The second-order valence-corrected chi connectivity index (χ2v) is 5.18. The largest absolute Gasteiger partial charge is 0.352 e. The molecule has 0 aliphatic carbocycles. The van der Waals surface area contributed by atoms with E-state index in [4.69, 9.17) is 0 Å². The van der Waals surface area contributed by atoms with Gasteiger partial charge >= 0.3 is 0 Å². The molecule has 0 aliphatic rings. The van der Waals surface area contributed by atoms with Gasteiger partial charge in [0, 0.05) is 18.5 Å². The van der Waals surface area contributed by atoms with Crippen LogP contribution in [0.15, 0.2) is 18.2 Å². The van der Waals surface area contributed by atoms with Crippen LogP contribution in [-0.2, 0) is 6.42 Å². The predicted molar refractivity (Wildman–Crippen MR) is 81.0 cm³/mol. The molecule has 1 amide bonds. The molecule has 0 unspecified atom stereocenters. The topological polar surface area (TPSA) is 61.0 Å². The van der Waals surface area contributed by atoms with Crippen LogP contribution in [0, 0.1) is 0 Å². The number of carbonyl (C=O) groups is 1. The molecular formula is C15H22N4O. The highest BCUT2D eigenvalue weighted by Gasteiger charge is 2.08. The molecule has 0 fully saturated rings. The van der Waals surface area contributed by atoms with Crippen LogP contribution in [0.25, 0.3) is 11.0 Å². The summed E-state index contributed by atoms with van der Waals surface area (Å²) in [4.78, 5) is 21.8. The van der Waals surface area contributed by atoms with Gasteiger partial charge in [0.05, 0.1) is 11.0 Å². The number of imidazole rings is 1. The normalized spacial score (nSPS) is 11.2. The van der Waals surface area contributed by atoms with Gasteiger partial charge in [0.15, 0.2) is 0 Å². The summed E-state index contributed by atoms with van der Waals surface area (Å²) in [5.41, 5.74) is 2.50. The van der Waals surface area contributed by atoms with E-state index < -0.39 is 0 Å². The molecule has 108 valence electrons. The van der Waals surface area contributed by atoms with Gasteiger partial charge in [-0.2, -0.15) is 0 Å². The molecule has 0 aliphatic heterocycles. The number of fused-ring (bicyclic) bond motifs is 1. The zero-order chi connectivity index (χ0) is 14.5. The number of amides is 1. The lowest BCUT2D eigenvalue weighted by Crippen LogP contribution is -2.27. The molecule has 20 heavy (non-hydrogen) atoms. The fraction of sp³-hybridized carbons (Fsp3) is 0.467. The molecule has 0 bridgehead atoms. The highest BCUT2D eigenvalue weighted by Crippen LogP contribution is 2.14. The standard InChI is InChI=1S/C15H22N4O/c1-4-14-17-12-7-6-11(10-13(12)18-14)15(20)16-8-5-9-19(2)3/h6-7,10H,4-5,8-9H2,1-3H3,(H,16,20)(H,17,18). The van der Waals surface area contributed by atoms with Crippen LogP contribution in [0.4, 0.5) is 0 Å². The van der Waals surface area contributed by atoms with Gasteiger partial charge in [-0.05, 0) is 45.3 Å². The highest BCUT2D eigenvalue weighted by atomic mass is 16.1. The predicted octanol–water partition coefficient (Wildman–Crippen LogP) is 1.81. The second-order valence-electron chi connectivity index (χ2n) is 5.18. The van der Waals surface area contributed by atoms with Crippen molar-refractivity contribution in [3.63, 3.8) is 0 Å². The van der Waals surface area contributed by atoms with Crippen LogP contribution >= 0.6 is 0 Å². The summed E-state index contributed by atoms with van der Waals surface area (Å²) < 4.78 is 0. The first-order chi connectivity index (χ1) is 9.60. The number of H-pyrrole nitrogens is 1. The fourth-order valence-corrected chi connectivity index (χ4v) is 2.07. The van der Waals surface area contributed by atoms with Crippen molar-refractivity contribution in [2.75, 3.05) is 27.2 Å². The van der Waals surface area contributed by atoms with Gasteiger partial charge in [0.25, 0.3) is 5.91 Å². The molecule has 1 heterocycles. The third-order valence-electron chi connectivity index (χ3n) is 3.20. The second kappa shape index (κ2) is 6.52. The monoisotopic (exact) mass is 274 g/mol.